The van der Waals surface area contributed by atoms with E-state index in [4.69, 9.17) is 0 Å². The smallest absolute Gasteiger partial charge is 0.124 e. The summed E-state index contributed by atoms with van der Waals surface area (Å²) in [6, 6.07) is 5.14. The van der Waals surface area contributed by atoms with E-state index in [1.165, 1.54) is 37.8 Å². The molecular formula is C15H20FIN2. The number of hydrogen-bond donors (Lipinski definition) is 1. The number of hydrogen-bond acceptors (Lipinski definition) is 2. The van der Waals surface area contributed by atoms with Gasteiger partial charge in [0.25, 0.3) is 0 Å². The van der Waals surface area contributed by atoms with E-state index in [0.29, 0.717) is 5.54 Å². The van der Waals surface area contributed by atoms with E-state index < -0.39 is 0 Å². The second kappa shape index (κ2) is 5.56. The highest BCUT2D eigenvalue weighted by Gasteiger charge is 2.36. The molecule has 0 amide bonds. The fourth-order valence-electron chi connectivity index (χ4n) is 3.46. The maximum Gasteiger partial charge on any atom is 0.124 e. The van der Waals surface area contributed by atoms with Gasteiger partial charge in [-0.2, -0.15) is 0 Å². The van der Waals surface area contributed by atoms with Gasteiger partial charge < -0.3 is 10.2 Å². The Morgan fingerprint density at radius 2 is 2.00 bits per heavy atom. The van der Waals surface area contributed by atoms with Crippen LogP contribution < -0.4 is 10.2 Å². The summed E-state index contributed by atoms with van der Waals surface area (Å²) >= 11 is 2.25. The maximum absolute atomic E-state index is 13.2. The van der Waals surface area contributed by atoms with Gasteiger partial charge in [-0.05, 0) is 53.6 Å². The van der Waals surface area contributed by atoms with Crippen molar-refractivity contribution < 1.29 is 4.39 Å². The van der Waals surface area contributed by atoms with Crippen molar-refractivity contribution in [2.24, 2.45) is 0 Å². The highest BCUT2D eigenvalue weighted by molar-refractivity contribution is 14.1. The number of nitrogens with zero attached hydrogens (tertiary/aromatic N) is 1. The molecular weight excluding hydrogens is 354 g/mol. The Balaban J connectivity index is 1.81. The molecule has 1 aliphatic carbocycles. The van der Waals surface area contributed by atoms with Gasteiger partial charge in [0, 0.05) is 28.7 Å². The van der Waals surface area contributed by atoms with E-state index in [-0.39, 0.29) is 5.82 Å². The number of rotatable bonds is 1. The first kappa shape index (κ1) is 13.6. The van der Waals surface area contributed by atoms with Crippen molar-refractivity contribution in [1.82, 2.24) is 5.32 Å². The van der Waals surface area contributed by atoms with Crippen molar-refractivity contribution in [3.05, 3.63) is 27.6 Å². The van der Waals surface area contributed by atoms with Crippen LogP contribution in [0.25, 0.3) is 0 Å². The topological polar surface area (TPSA) is 15.3 Å². The lowest BCUT2D eigenvalue weighted by Crippen LogP contribution is -2.61. The minimum atomic E-state index is -0.143. The molecule has 1 saturated carbocycles. The molecule has 1 aromatic carbocycles. The summed E-state index contributed by atoms with van der Waals surface area (Å²) in [5, 5.41) is 3.75. The van der Waals surface area contributed by atoms with Gasteiger partial charge in [0.05, 0.1) is 5.69 Å². The molecule has 3 rings (SSSR count). The van der Waals surface area contributed by atoms with Crippen LogP contribution in [0.4, 0.5) is 10.1 Å². The van der Waals surface area contributed by atoms with Gasteiger partial charge in [-0.15, -0.1) is 0 Å². The van der Waals surface area contributed by atoms with E-state index >= 15 is 0 Å². The average Bonchev–Trinajstić information content (AvgIpc) is 2.39. The monoisotopic (exact) mass is 374 g/mol. The van der Waals surface area contributed by atoms with Crippen molar-refractivity contribution in [3.63, 3.8) is 0 Å². The molecule has 0 radical (unpaired) electrons. The first-order valence-corrected chi connectivity index (χ1v) is 8.22. The minimum Gasteiger partial charge on any atom is -0.368 e. The van der Waals surface area contributed by atoms with Crippen LogP contribution in [0, 0.1) is 9.39 Å². The predicted octanol–water partition coefficient (Wildman–Crippen LogP) is 3.54. The molecule has 1 aliphatic heterocycles. The van der Waals surface area contributed by atoms with Crippen LogP contribution in [0.15, 0.2) is 18.2 Å². The minimum absolute atomic E-state index is 0.143. The highest BCUT2D eigenvalue weighted by Crippen LogP contribution is 2.33. The number of halogens is 2. The zero-order valence-corrected chi connectivity index (χ0v) is 13.2. The predicted molar refractivity (Wildman–Crippen MR) is 85.1 cm³/mol. The van der Waals surface area contributed by atoms with Crippen LogP contribution in [-0.4, -0.2) is 25.2 Å². The van der Waals surface area contributed by atoms with Gasteiger partial charge in [-0.25, -0.2) is 4.39 Å². The molecule has 0 bridgehead atoms. The summed E-state index contributed by atoms with van der Waals surface area (Å²) in [5.74, 6) is -0.143. The van der Waals surface area contributed by atoms with Crippen molar-refractivity contribution in [2.45, 2.75) is 37.6 Å². The molecule has 0 atom stereocenters. The number of benzene rings is 1. The van der Waals surface area contributed by atoms with Crippen molar-refractivity contribution >= 4 is 28.3 Å². The van der Waals surface area contributed by atoms with E-state index in [9.17, 15) is 4.39 Å². The molecule has 2 nitrogen and oxygen atoms in total. The molecule has 104 valence electrons. The molecule has 0 unspecified atom stereocenters. The van der Waals surface area contributed by atoms with Crippen LogP contribution >= 0.6 is 22.6 Å². The van der Waals surface area contributed by atoms with Crippen LogP contribution in [0.5, 0.6) is 0 Å². The Morgan fingerprint density at radius 3 is 2.74 bits per heavy atom. The van der Waals surface area contributed by atoms with E-state index in [0.717, 1.165) is 23.2 Å². The van der Waals surface area contributed by atoms with Gasteiger partial charge in [0.1, 0.15) is 5.82 Å². The zero-order valence-electron chi connectivity index (χ0n) is 11.1. The Kier molecular flexibility index (Phi) is 3.98. The lowest BCUT2D eigenvalue weighted by atomic mass is 9.80. The summed E-state index contributed by atoms with van der Waals surface area (Å²) in [7, 11) is 0. The Hall–Kier alpha value is -0.360. The molecule has 19 heavy (non-hydrogen) atoms. The lowest BCUT2D eigenvalue weighted by Gasteiger charge is -2.47. The summed E-state index contributed by atoms with van der Waals surface area (Å²) in [6.07, 6.45) is 6.60. The lowest BCUT2D eigenvalue weighted by molar-refractivity contribution is 0.216. The average molecular weight is 374 g/mol. The van der Waals surface area contributed by atoms with Crippen molar-refractivity contribution in [3.8, 4) is 0 Å². The standard InChI is InChI=1S/C15H20FIN2/c16-12-4-5-14(13(17)10-12)19-9-8-18-15(11-19)6-2-1-3-7-15/h4-5,10,18H,1-3,6-9,11H2. The van der Waals surface area contributed by atoms with Crippen LogP contribution in [0.1, 0.15) is 32.1 Å². The van der Waals surface area contributed by atoms with Gasteiger partial charge in [0.15, 0.2) is 0 Å². The third-order valence-corrected chi connectivity index (χ3v) is 5.30. The Bertz CT molecular complexity index is 452. The number of anilines is 1. The number of piperazine rings is 1. The molecule has 1 aromatic rings. The van der Waals surface area contributed by atoms with Gasteiger partial charge in [-0.1, -0.05) is 19.3 Å². The largest absolute Gasteiger partial charge is 0.368 e. The third kappa shape index (κ3) is 2.89. The first-order valence-electron chi connectivity index (χ1n) is 7.14. The highest BCUT2D eigenvalue weighted by atomic mass is 127. The van der Waals surface area contributed by atoms with E-state index in [1.54, 1.807) is 12.1 Å². The SMILES string of the molecule is Fc1ccc(N2CCNC3(CCCCC3)C2)c(I)c1. The molecule has 1 saturated heterocycles. The molecule has 2 fully saturated rings. The fraction of sp³-hybridized carbons (Fsp3) is 0.600. The Morgan fingerprint density at radius 1 is 1.21 bits per heavy atom. The van der Waals surface area contributed by atoms with Crippen LogP contribution in [-0.2, 0) is 0 Å². The summed E-state index contributed by atoms with van der Waals surface area (Å²) in [4.78, 5) is 2.43. The van der Waals surface area contributed by atoms with E-state index in [1.807, 2.05) is 6.07 Å². The maximum atomic E-state index is 13.2. The normalized spacial score (nSPS) is 22.7. The fourth-order valence-corrected chi connectivity index (χ4v) is 4.28. The number of nitrogens with one attached hydrogen (secondary N) is 1. The van der Waals surface area contributed by atoms with E-state index in [2.05, 4.69) is 32.8 Å². The van der Waals surface area contributed by atoms with Crippen molar-refractivity contribution in [1.29, 1.82) is 0 Å². The summed E-state index contributed by atoms with van der Waals surface area (Å²) < 4.78 is 14.2. The second-order valence-electron chi connectivity index (χ2n) is 5.79. The third-order valence-electron chi connectivity index (χ3n) is 4.44. The molecule has 4 heteroatoms. The Labute approximate surface area is 127 Å². The molecule has 1 heterocycles. The first-order chi connectivity index (χ1) is 9.19. The molecule has 1 spiro atoms. The quantitative estimate of drug-likeness (QED) is 0.757. The molecule has 0 aromatic heterocycles. The van der Waals surface area contributed by atoms with Gasteiger partial charge in [-0.3, -0.25) is 0 Å². The van der Waals surface area contributed by atoms with Crippen molar-refractivity contribution in [2.75, 3.05) is 24.5 Å². The van der Waals surface area contributed by atoms with Crippen LogP contribution in [0.2, 0.25) is 0 Å². The molecule has 2 aliphatic rings. The van der Waals surface area contributed by atoms with Gasteiger partial charge in [0.2, 0.25) is 0 Å². The van der Waals surface area contributed by atoms with Gasteiger partial charge >= 0.3 is 0 Å². The zero-order chi connectivity index (χ0) is 13.3. The van der Waals surface area contributed by atoms with Crippen LogP contribution in [0.3, 0.4) is 0 Å². The second-order valence-corrected chi connectivity index (χ2v) is 6.95. The summed E-state index contributed by atoms with van der Waals surface area (Å²) in [5.41, 5.74) is 1.49. The summed E-state index contributed by atoms with van der Waals surface area (Å²) in [6.45, 7) is 3.12. The molecule has 1 N–H and O–H groups in total.